The summed E-state index contributed by atoms with van der Waals surface area (Å²) in [6.45, 7) is 5.68. The summed E-state index contributed by atoms with van der Waals surface area (Å²) in [5.41, 5.74) is 1.12. The zero-order valence-corrected chi connectivity index (χ0v) is 14.5. The molecule has 0 amide bonds. The Balaban J connectivity index is 2.85. The first-order valence-electron chi connectivity index (χ1n) is 7.22. The summed E-state index contributed by atoms with van der Waals surface area (Å²) >= 11 is 1.82. The fourth-order valence-electron chi connectivity index (χ4n) is 1.88. The van der Waals surface area contributed by atoms with Gasteiger partial charge in [0.2, 0.25) is 5.75 Å². The van der Waals surface area contributed by atoms with E-state index in [0.717, 1.165) is 35.8 Å². The first-order valence-corrected chi connectivity index (χ1v) is 8.61. The molecule has 1 aromatic carbocycles. The van der Waals surface area contributed by atoms with E-state index >= 15 is 0 Å². The molecule has 0 aliphatic carbocycles. The van der Waals surface area contributed by atoms with Gasteiger partial charge in [-0.25, -0.2) is 0 Å². The highest BCUT2D eigenvalue weighted by Crippen LogP contribution is 2.38. The molecule has 5 heteroatoms. The van der Waals surface area contributed by atoms with E-state index in [0.29, 0.717) is 18.4 Å². The third-order valence-corrected chi connectivity index (χ3v) is 3.67. The number of methoxy groups -OCH3 is 2. The Labute approximate surface area is 132 Å². The average molecular weight is 313 g/mol. The Kier molecular flexibility index (Phi) is 8.38. The summed E-state index contributed by atoms with van der Waals surface area (Å²) in [4.78, 5) is 0. The first kappa shape index (κ1) is 18.0. The Morgan fingerprint density at radius 2 is 1.76 bits per heavy atom. The van der Waals surface area contributed by atoms with Gasteiger partial charge in [-0.3, -0.25) is 0 Å². The van der Waals surface area contributed by atoms with Gasteiger partial charge >= 0.3 is 0 Å². The summed E-state index contributed by atoms with van der Waals surface area (Å²) in [5.74, 6) is 3.22. The van der Waals surface area contributed by atoms with Crippen molar-refractivity contribution in [1.82, 2.24) is 5.32 Å². The van der Waals surface area contributed by atoms with Crippen molar-refractivity contribution in [2.24, 2.45) is 0 Å². The van der Waals surface area contributed by atoms with Crippen molar-refractivity contribution in [1.29, 1.82) is 0 Å². The van der Waals surface area contributed by atoms with Crippen LogP contribution in [0.25, 0.3) is 0 Å². The minimum absolute atomic E-state index is 0.435. The molecule has 0 unspecified atom stereocenters. The van der Waals surface area contributed by atoms with Crippen molar-refractivity contribution in [3.8, 4) is 17.2 Å². The van der Waals surface area contributed by atoms with Gasteiger partial charge in [-0.1, -0.05) is 13.8 Å². The predicted molar refractivity (Wildman–Crippen MR) is 90.0 cm³/mol. The van der Waals surface area contributed by atoms with E-state index in [-0.39, 0.29) is 0 Å². The van der Waals surface area contributed by atoms with Crippen molar-refractivity contribution in [3.05, 3.63) is 17.7 Å². The zero-order chi connectivity index (χ0) is 15.7. The Morgan fingerprint density at radius 1 is 1.14 bits per heavy atom. The lowest BCUT2D eigenvalue weighted by molar-refractivity contribution is 0.275. The lowest BCUT2D eigenvalue weighted by Crippen LogP contribution is -2.21. The monoisotopic (exact) mass is 313 g/mol. The van der Waals surface area contributed by atoms with Crippen LogP contribution in [0, 0.1) is 0 Å². The summed E-state index contributed by atoms with van der Waals surface area (Å²) in [5, 5.41) is 3.39. The van der Waals surface area contributed by atoms with Gasteiger partial charge in [-0.05, 0) is 36.1 Å². The minimum Gasteiger partial charge on any atom is -0.493 e. The largest absolute Gasteiger partial charge is 0.493 e. The number of benzene rings is 1. The topological polar surface area (TPSA) is 39.7 Å². The molecule has 1 rings (SSSR count). The van der Waals surface area contributed by atoms with E-state index in [4.69, 9.17) is 14.2 Å². The molecule has 0 heterocycles. The third-order valence-electron chi connectivity index (χ3n) is 2.97. The van der Waals surface area contributed by atoms with Crippen molar-refractivity contribution >= 4 is 11.8 Å². The molecule has 0 aliphatic rings. The molecule has 1 aromatic rings. The van der Waals surface area contributed by atoms with Gasteiger partial charge in [-0.2, -0.15) is 11.8 Å². The summed E-state index contributed by atoms with van der Waals surface area (Å²) in [6, 6.07) is 4.44. The smallest absolute Gasteiger partial charge is 0.203 e. The van der Waals surface area contributed by atoms with Crippen LogP contribution in [-0.4, -0.2) is 38.9 Å². The van der Waals surface area contributed by atoms with Crippen LogP contribution >= 0.6 is 11.8 Å². The normalized spacial score (nSPS) is 10.8. The Hall–Kier alpha value is -1.07. The number of hydrogen-bond acceptors (Lipinski definition) is 5. The molecule has 4 nitrogen and oxygen atoms in total. The molecule has 0 atom stereocenters. The molecule has 21 heavy (non-hydrogen) atoms. The fourth-order valence-corrected chi connectivity index (χ4v) is 2.28. The molecule has 1 N–H and O–H groups in total. The second kappa shape index (κ2) is 9.79. The van der Waals surface area contributed by atoms with Crippen LogP contribution in [0.15, 0.2) is 12.1 Å². The number of thioether (sulfide) groups is 1. The van der Waals surface area contributed by atoms with Crippen LogP contribution < -0.4 is 19.5 Å². The molecule has 0 spiro atoms. The maximum Gasteiger partial charge on any atom is 0.203 e. The van der Waals surface area contributed by atoms with E-state index in [9.17, 15) is 0 Å². The van der Waals surface area contributed by atoms with Gasteiger partial charge in [0.1, 0.15) is 0 Å². The third kappa shape index (κ3) is 6.06. The highest BCUT2D eigenvalue weighted by Gasteiger charge is 2.14. The van der Waals surface area contributed by atoms with E-state index < -0.39 is 0 Å². The standard InChI is InChI=1S/C16H27NO3S/c1-12(2)17-11-13-9-14(18-3)16(15(10-13)19-4)20-7-6-8-21-5/h9-10,12,17H,6-8,11H2,1-5H3. The number of ether oxygens (including phenoxy) is 3. The maximum atomic E-state index is 5.85. The summed E-state index contributed by atoms with van der Waals surface area (Å²) in [6.07, 6.45) is 3.10. The predicted octanol–water partition coefficient (Wildman–Crippen LogP) is 3.33. The maximum absolute atomic E-state index is 5.85. The molecule has 0 saturated carbocycles. The van der Waals surface area contributed by atoms with Crippen LogP contribution in [-0.2, 0) is 6.54 Å². The van der Waals surface area contributed by atoms with Crippen LogP contribution in [0.5, 0.6) is 17.2 Å². The minimum atomic E-state index is 0.435. The van der Waals surface area contributed by atoms with Gasteiger partial charge < -0.3 is 19.5 Å². The van der Waals surface area contributed by atoms with Gasteiger partial charge in [-0.15, -0.1) is 0 Å². The molecule has 0 saturated heterocycles. The van der Waals surface area contributed by atoms with Gasteiger partial charge in [0.05, 0.1) is 20.8 Å². The Morgan fingerprint density at radius 3 is 2.24 bits per heavy atom. The number of rotatable bonds is 10. The molecular formula is C16H27NO3S. The van der Waals surface area contributed by atoms with Crippen molar-refractivity contribution in [3.63, 3.8) is 0 Å². The highest BCUT2D eigenvalue weighted by atomic mass is 32.2. The molecule has 120 valence electrons. The van der Waals surface area contributed by atoms with Gasteiger partial charge in [0.15, 0.2) is 11.5 Å². The highest BCUT2D eigenvalue weighted by molar-refractivity contribution is 7.98. The summed E-state index contributed by atoms with van der Waals surface area (Å²) in [7, 11) is 3.31. The van der Waals surface area contributed by atoms with Crippen LogP contribution in [0.4, 0.5) is 0 Å². The summed E-state index contributed by atoms with van der Waals surface area (Å²) < 4.78 is 16.8. The van der Waals surface area contributed by atoms with Crippen molar-refractivity contribution in [2.45, 2.75) is 32.9 Å². The quantitative estimate of drug-likeness (QED) is 0.671. The van der Waals surface area contributed by atoms with Crippen LogP contribution in [0.2, 0.25) is 0 Å². The molecule has 0 bridgehead atoms. The number of nitrogens with one attached hydrogen (secondary N) is 1. The molecule has 0 aromatic heterocycles. The second-order valence-corrected chi connectivity index (χ2v) is 6.05. The second-order valence-electron chi connectivity index (χ2n) is 5.06. The zero-order valence-electron chi connectivity index (χ0n) is 13.7. The molecule has 0 aliphatic heterocycles. The first-order chi connectivity index (χ1) is 10.1. The van der Waals surface area contributed by atoms with Crippen LogP contribution in [0.1, 0.15) is 25.8 Å². The van der Waals surface area contributed by atoms with E-state index in [1.807, 2.05) is 23.9 Å². The van der Waals surface area contributed by atoms with Gasteiger partial charge in [0.25, 0.3) is 0 Å². The number of hydrogen-bond donors (Lipinski definition) is 1. The van der Waals surface area contributed by atoms with E-state index in [1.54, 1.807) is 14.2 Å². The molecule has 0 radical (unpaired) electrons. The van der Waals surface area contributed by atoms with E-state index in [1.165, 1.54) is 0 Å². The van der Waals surface area contributed by atoms with Crippen LogP contribution in [0.3, 0.4) is 0 Å². The van der Waals surface area contributed by atoms with Crippen molar-refractivity contribution in [2.75, 3.05) is 32.8 Å². The Bertz CT molecular complexity index is 399. The lowest BCUT2D eigenvalue weighted by atomic mass is 10.1. The molecular weight excluding hydrogens is 286 g/mol. The molecule has 0 fully saturated rings. The lowest BCUT2D eigenvalue weighted by Gasteiger charge is -2.17. The SMILES string of the molecule is COc1cc(CNC(C)C)cc(OC)c1OCCCSC. The van der Waals surface area contributed by atoms with E-state index in [2.05, 4.69) is 25.4 Å². The average Bonchev–Trinajstić information content (AvgIpc) is 2.49. The van der Waals surface area contributed by atoms with Gasteiger partial charge in [0, 0.05) is 12.6 Å². The fraction of sp³-hybridized carbons (Fsp3) is 0.625. The van der Waals surface area contributed by atoms with Crippen molar-refractivity contribution < 1.29 is 14.2 Å².